The Hall–Kier alpha value is -0.180. The Morgan fingerprint density at radius 3 is 2.12 bits per heavy atom. The highest BCUT2D eigenvalue weighted by molar-refractivity contribution is 4.99. The van der Waals surface area contributed by atoms with E-state index < -0.39 is 5.92 Å². The van der Waals surface area contributed by atoms with Crippen molar-refractivity contribution in [2.24, 2.45) is 11.3 Å². The average molecular weight is 231 g/mol. The molecule has 1 spiro atoms. The Balaban J connectivity index is 2.02. The summed E-state index contributed by atoms with van der Waals surface area (Å²) in [6, 6.07) is 0.590. The van der Waals surface area contributed by atoms with E-state index in [0.717, 1.165) is 13.0 Å². The van der Waals surface area contributed by atoms with Crippen LogP contribution < -0.4 is 0 Å². The number of nitrogens with zero attached hydrogens (tertiary/aromatic N) is 1. The largest absolute Gasteiger partial charge is 0.303 e. The predicted octanol–water partition coefficient (Wildman–Crippen LogP) is 3.54. The van der Waals surface area contributed by atoms with Crippen molar-refractivity contribution in [3.05, 3.63) is 0 Å². The zero-order valence-electron chi connectivity index (χ0n) is 10.6. The lowest BCUT2D eigenvalue weighted by atomic mass is 9.71. The molecule has 3 heteroatoms. The van der Waals surface area contributed by atoms with Gasteiger partial charge in [0.15, 0.2) is 0 Å². The summed E-state index contributed by atoms with van der Waals surface area (Å²) in [5, 5.41) is 0. The molecule has 1 saturated carbocycles. The van der Waals surface area contributed by atoms with Gasteiger partial charge in [-0.1, -0.05) is 13.8 Å². The third kappa shape index (κ3) is 2.24. The predicted molar refractivity (Wildman–Crippen MR) is 61.7 cm³/mol. The molecule has 0 aromatic rings. The molecule has 1 heterocycles. The summed E-state index contributed by atoms with van der Waals surface area (Å²) in [7, 11) is 2.15. The normalized spacial score (nSPS) is 33.8. The maximum Gasteiger partial charge on any atom is 0.248 e. The van der Waals surface area contributed by atoms with Gasteiger partial charge in [-0.25, -0.2) is 8.78 Å². The maximum atomic E-state index is 13.2. The number of hydrogen-bond acceptors (Lipinski definition) is 1. The molecule has 2 fully saturated rings. The van der Waals surface area contributed by atoms with E-state index in [1.54, 1.807) is 0 Å². The second-order valence-corrected chi connectivity index (χ2v) is 6.29. The second-order valence-electron chi connectivity index (χ2n) is 6.29. The lowest BCUT2D eigenvalue weighted by Crippen LogP contribution is -2.35. The molecule has 0 aromatic heterocycles. The summed E-state index contributed by atoms with van der Waals surface area (Å²) in [5.41, 5.74) is 0.200. The molecule has 1 saturated heterocycles. The molecule has 0 N–H and O–H groups in total. The van der Waals surface area contributed by atoms with Crippen molar-refractivity contribution in [2.75, 3.05) is 13.6 Å². The molecular formula is C13H23F2N. The molecule has 0 bridgehead atoms. The number of likely N-dealkylation sites (tertiary alicyclic amines) is 1. The van der Waals surface area contributed by atoms with E-state index in [1.165, 1.54) is 0 Å². The van der Waals surface area contributed by atoms with Crippen molar-refractivity contribution in [2.45, 2.75) is 57.9 Å². The highest BCUT2D eigenvalue weighted by Crippen LogP contribution is 2.50. The van der Waals surface area contributed by atoms with Crippen molar-refractivity contribution in [1.29, 1.82) is 0 Å². The topological polar surface area (TPSA) is 3.24 Å². The SMILES string of the molecule is CC(C)[C@@H]1CC2(CCC(F)(F)CC2)CN1C. The third-order valence-corrected chi connectivity index (χ3v) is 4.60. The smallest absolute Gasteiger partial charge is 0.248 e. The van der Waals surface area contributed by atoms with E-state index in [9.17, 15) is 8.78 Å². The van der Waals surface area contributed by atoms with Gasteiger partial charge in [0.1, 0.15) is 0 Å². The first-order valence-electron chi connectivity index (χ1n) is 6.42. The lowest BCUT2D eigenvalue weighted by Gasteiger charge is -2.37. The van der Waals surface area contributed by atoms with Crippen LogP contribution in [0, 0.1) is 11.3 Å². The van der Waals surface area contributed by atoms with Crippen LogP contribution in [0.3, 0.4) is 0 Å². The number of halogens is 2. The van der Waals surface area contributed by atoms with Crippen LogP contribution in [0.15, 0.2) is 0 Å². The molecule has 2 aliphatic rings. The molecule has 16 heavy (non-hydrogen) atoms. The fourth-order valence-electron chi connectivity index (χ4n) is 3.56. The van der Waals surface area contributed by atoms with Crippen molar-refractivity contribution in [3.8, 4) is 0 Å². The molecule has 1 aliphatic heterocycles. The summed E-state index contributed by atoms with van der Waals surface area (Å²) >= 11 is 0. The zero-order valence-corrected chi connectivity index (χ0v) is 10.6. The van der Waals surface area contributed by atoms with Gasteiger partial charge in [0.25, 0.3) is 0 Å². The standard InChI is InChI=1S/C13H23F2N/c1-10(2)11-8-12(9-16(11)3)4-6-13(14,15)7-5-12/h10-11H,4-9H2,1-3H3/t11-/m0/s1. The van der Waals surface area contributed by atoms with Gasteiger partial charge in [0.2, 0.25) is 5.92 Å². The summed E-state index contributed by atoms with van der Waals surface area (Å²) in [5.74, 6) is -1.76. The van der Waals surface area contributed by atoms with E-state index in [2.05, 4.69) is 25.8 Å². The van der Waals surface area contributed by atoms with Gasteiger partial charge < -0.3 is 4.90 Å². The lowest BCUT2D eigenvalue weighted by molar-refractivity contribution is -0.0647. The van der Waals surface area contributed by atoms with Crippen molar-refractivity contribution in [3.63, 3.8) is 0 Å². The Kier molecular flexibility index (Phi) is 3.02. The molecule has 0 amide bonds. The van der Waals surface area contributed by atoms with Crippen LogP contribution in [0.4, 0.5) is 8.78 Å². The van der Waals surface area contributed by atoms with E-state index in [0.29, 0.717) is 24.8 Å². The maximum absolute atomic E-state index is 13.2. The summed E-state index contributed by atoms with van der Waals surface area (Å²) in [4.78, 5) is 2.38. The van der Waals surface area contributed by atoms with Crippen molar-refractivity contribution < 1.29 is 8.78 Å². The van der Waals surface area contributed by atoms with Crippen LogP contribution in [0.25, 0.3) is 0 Å². The Morgan fingerprint density at radius 1 is 1.12 bits per heavy atom. The van der Waals surface area contributed by atoms with Crippen LogP contribution in [0.2, 0.25) is 0 Å². The minimum Gasteiger partial charge on any atom is -0.303 e. The molecule has 2 rings (SSSR count). The average Bonchev–Trinajstić information content (AvgIpc) is 2.50. The zero-order chi connectivity index (χ0) is 12.0. The Morgan fingerprint density at radius 2 is 1.69 bits per heavy atom. The minimum atomic E-state index is -2.39. The number of rotatable bonds is 1. The number of alkyl halides is 2. The van der Waals surface area contributed by atoms with Gasteiger partial charge in [-0.05, 0) is 37.6 Å². The van der Waals surface area contributed by atoms with E-state index in [-0.39, 0.29) is 18.3 Å². The molecule has 1 atom stereocenters. The fraction of sp³-hybridized carbons (Fsp3) is 1.00. The molecule has 1 aliphatic carbocycles. The Bertz CT molecular complexity index is 253. The van der Waals surface area contributed by atoms with Crippen LogP contribution in [0.5, 0.6) is 0 Å². The summed E-state index contributed by atoms with van der Waals surface area (Å²) < 4.78 is 26.4. The van der Waals surface area contributed by atoms with Gasteiger partial charge in [-0.2, -0.15) is 0 Å². The minimum absolute atomic E-state index is 0.103. The van der Waals surface area contributed by atoms with Gasteiger partial charge in [-0.15, -0.1) is 0 Å². The van der Waals surface area contributed by atoms with Gasteiger partial charge >= 0.3 is 0 Å². The number of hydrogen-bond donors (Lipinski definition) is 0. The Labute approximate surface area is 97.2 Å². The first kappa shape index (κ1) is 12.3. The third-order valence-electron chi connectivity index (χ3n) is 4.60. The summed E-state index contributed by atoms with van der Waals surface area (Å²) in [6.07, 6.45) is 2.76. The van der Waals surface area contributed by atoms with Gasteiger partial charge in [0, 0.05) is 25.4 Å². The molecule has 0 unspecified atom stereocenters. The van der Waals surface area contributed by atoms with E-state index >= 15 is 0 Å². The van der Waals surface area contributed by atoms with Crippen LogP contribution in [-0.2, 0) is 0 Å². The van der Waals surface area contributed by atoms with Crippen molar-refractivity contribution >= 4 is 0 Å². The van der Waals surface area contributed by atoms with Crippen LogP contribution in [0.1, 0.15) is 46.0 Å². The highest BCUT2D eigenvalue weighted by atomic mass is 19.3. The first-order valence-corrected chi connectivity index (χ1v) is 6.42. The molecule has 0 radical (unpaired) electrons. The van der Waals surface area contributed by atoms with Crippen LogP contribution in [-0.4, -0.2) is 30.5 Å². The first-order chi connectivity index (χ1) is 7.34. The summed E-state index contributed by atoms with van der Waals surface area (Å²) in [6.45, 7) is 5.49. The second kappa shape index (κ2) is 3.94. The molecule has 94 valence electrons. The fourth-order valence-corrected chi connectivity index (χ4v) is 3.56. The molecule has 1 nitrogen and oxygen atoms in total. The van der Waals surface area contributed by atoms with E-state index in [4.69, 9.17) is 0 Å². The van der Waals surface area contributed by atoms with Gasteiger partial charge in [0.05, 0.1) is 0 Å². The van der Waals surface area contributed by atoms with Crippen molar-refractivity contribution in [1.82, 2.24) is 4.90 Å². The molecular weight excluding hydrogens is 208 g/mol. The van der Waals surface area contributed by atoms with Crippen LogP contribution >= 0.6 is 0 Å². The molecule has 0 aromatic carbocycles. The monoisotopic (exact) mass is 231 g/mol. The highest BCUT2D eigenvalue weighted by Gasteiger charge is 2.49. The quantitative estimate of drug-likeness (QED) is 0.667. The van der Waals surface area contributed by atoms with E-state index in [1.807, 2.05) is 0 Å². The van der Waals surface area contributed by atoms with Gasteiger partial charge in [-0.3, -0.25) is 0 Å².